The quantitative estimate of drug-likeness (QED) is 0.847. The largest absolute Gasteiger partial charge is 0.300 e. The van der Waals surface area contributed by atoms with Crippen LogP contribution in [0.5, 0.6) is 0 Å². The van der Waals surface area contributed by atoms with Crippen molar-refractivity contribution in [2.45, 2.75) is 11.4 Å². The summed E-state index contributed by atoms with van der Waals surface area (Å²) in [5.74, 6) is -0.665. The predicted octanol–water partition coefficient (Wildman–Crippen LogP) is 1.86. The fourth-order valence-corrected chi connectivity index (χ4v) is 4.02. The summed E-state index contributed by atoms with van der Waals surface area (Å²) < 4.78 is 40.4. The molecule has 0 saturated carbocycles. The first kappa shape index (κ1) is 14.9. The summed E-state index contributed by atoms with van der Waals surface area (Å²) in [7, 11) is -1.90. The van der Waals surface area contributed by atoms with Gasteiger partial charge in [-0.05, 0) is 24.7 Å². The number of benzene rings is 1. The van der Waals surface area contributed by atoms with Crippen LogP contribution in [0.25, 0.3) is 0 Å². The van der Waals surface area contributed by atoms with E-state index < -0.39 is 15.8 Å². The number of anilines is 1. The summed E-state index contributed by atoms with van der Waals surface area (Å²) in [6, 6.07) is 8.37. The molecule has 1 aliphatic rings. The summed E-state index contributed by atoms with van der Waals surface area (Å²) in [6.45, 7) is 1.58. The standard InChI is InChI=1S/C15H16FN3O2S/c1-18-6-7-19(15-5-3-2-4-12(15)11-18)22(20,21)14-8-13(16)9-17-10-14/h2-5,8-10H,6-7,11H2,1H3. The van der Waals surface area contributed by atoms with E-state index in [1.54, 1.807) is 12.1 Å². The van der Waals surface area contributed by atoms with Crippen molar-refractivity contribution >= 4 is 15.7 Å². The molecule has 0 amide bonds. The van der Waals surface area contributed by atoms with Gasteiger partial charge in [-0.2, -0.15) is 0 Å². The molecular formula is C15H16FN3O2S. The number of nitrogens with zero attached hydrogens (tertiary/aromatic N) is 3. The van der Waals surface area contributed by atoms with Gasteiger partial charge >= 0.3 is 0 Å². The summed E-state index contributed by atoms with van der Waals surface area (Å²) in [5, 5.41) is 0. The minimum Gasteiger partial charge on any atom is -0.300 e. The van der Waals surface area contributed by atoms with Gasteiger partial charge in [-0.15, -0.1) is 0 Å². The second-order valence-corrected chi connectivity index (χ2v) is 7.14. The fraction of sp³-hybridized carbons (Fsp3) is 0.267. The smallest absolute Gasteiger partial charge is 0.266 e. The molecule has 1 aromatic carbocycles. The van der Waals surface area contributed by atoms with Gasteiger partial charge in [0.15, 0.2) is 0 Å². The molecule has 116 valence electrons. The number of hydrogen-bond acceptors (Lipinski definition) is 4. The van der Waals surface area contributed by atoms with E-state index in [4.69, 9.17) is 0 Å². The number of rotatable bonds is 2. The second-order valence-electron chi connectivity index (χ2n) is 5.28. The molecule has 0 unspecified atom stereocenters. The lowest BCUT2D eigenvalue weighted by Crippen LogP contribution is -2.35. The molecule has 2 heterocycles. The van der Waals surface area contributed by atoms with Crippen molar-refractivity contribution in [1.82, 2.24) is 9.88 Å². The molecule has 0 saturated heterocycles. The number of halogens is 1. The fourth-order valence-electron chi connectivity index (χ4n) is 2.55. The lowest BCUT2D eigenvalue weighted by Gasteiger charge is -2.24. The Kier molecular flexibility index (Phi) is 3.84. The SMILES string of the molecule is CN1CCN(S(=O)(=O)c2cncc(F)c2)c2ccccc2C1. The Hall–Kier alpha value is -1.99. The van der Waals surface area contributed by atoms with Gasteiger partial charge in [0.25, 0.3) is 10.0 Å². The molecule has 2 aromatic rings. The summed E-state index contributed by atoms with van der Waals surface area (Å²) in [5.41, 5.74) is 1.56. The molecule has 0 bridgehead atoms. The number of hydrogen-bond donors (Lipinski definition) is 0. The number of sulfonamides is 1. The summed E-state index contributed by atoms with van der Waals surface area (Å²) >= 11 is 0. The predicted molar refractivity (Wildman–Crippen MR) is 81.5 cm³/mol. The van der Waals surface area contributed by atoms with Crippen molar-refractivity contribution < 1.29 is 12.8 Å². The first-order valence-electron chi connectivity index (χ1n) is 6.88. The Balaban J connectivity index is 2.11. The van der Waals surface area contributed by atoms with Crippen LogP contribution in [0.15, 0.2) is 47.6 Å². The van der Waals surface area contributed by atoms with E-state index in [1.807, 2.05) is 19.2 Å². The van der Waals surface area contributed by atoms with E-state index in [-0.39, 0.29) is 4.90 Å². The van der Waals surface area contributed by atoms with Gasteiger partial charge in [0, 0.05) is 25.8 Å². The summed E-state index contributed by atoms with van der Waals surface area (Å²) in [4.78, 5) is 5.57. The molecule has 22 heavy (non-hydrogen) atoms. The zero-order valence-electron chi connectivity index (χ0n) is 12.1. The molecule has 1 aliphatic heterocycles. The molecule has 0 radical (unpaired) electrons. The Morgan fingerprint density at radius 2 is 1.95 bits per heavy atom. The van der Waals surface area contributed by atoms with E-state index in [9.17, 15) is 12.8 Å². The molecule has 1 aromatic heterocycles. The minimum atomic E-state index is -3.84. The number of likely N-dealkylation sites (N-methyl/N-ethyl adjacent to an activating group) is 1. The van der Waals surface area contributed by atoms with E-state index in [0.717, 1.165) is 17.8 Å². The average molecular weight is 321 g/mol. The highest BCUT2D eigenvalue weighted by molar-refractivity contribution is 7.92. The van der Waals surface area contributed by atoms with E-state index >= 15 is 0 Å². The first-order chi connectivity index (χ1) is 10.5. The molecule has 7 heteroatoms. The van der Waals surface area contributed by atoms with Gasteiger partial charge in [-0.3, -0.25) is 9.29 Å². The van der Waals surface area contributed by atoms with Crippen molar-refractivity contribution in [1.29, 1.82) is 0 Å². The van der Waals surface area contributed by atoms with Crippen LogP contribution in [0.2, 0.25) is 0 Å². The zero-order chi connectivity index (χ0) is 15.7. The van der Waals surface area contributed by atoms with Crippen LogP contribution in [-0.4, -0.2) is 38.4 Å². The van der Waals surface area contributed by atoms with E-state index in [1.165, 1.54) is 10.5 Å². The highest BCUT2D eigenvalue weighted by Gasteiger charge is 2.29. The van der Waals surface area contributed by atoms with Gasteiger partial charge in [0.1, 0.15) is 10.7 Å². The molecule has 0 spiro atoms. The van der Waals surface area contributed by atoms with E-state index in [2.05, 4.69) is 9.88 Å². The van der Waals surface area contributed by atoms with Crippen LogP contribution < -0.4 is 4.31 Å². The van der Waals surface area contributed by atoms with Crippen LogP contribution in [-0.2, 0) is 16.6 Å². The minimum absolute atomic E-state index is 0.133. The van der Waals surface area contributed by atoms with Crippen molar-refractivity contribution in [3.8, 4) is 0 Å². The first-order valence-corrected chi connectivity index (χ1v) is 8.32. The third kappa shape index (κ3) is 2.69. The van der Waals surface area contributed by atoms with Crippen molar-refractivity contribution in [2.24, 2.45) is 0 Å². The van der Waals surface area contributed by atoms with Crippen molar-refractivity contribution in [3.63, 3.8) is 0 Å². The number of fused-ring (bicyclic) bond motifs is 1. The maximum absolute atomic E-state index is 13.3. The monoisotopic (exact) mass is 321 g/mol. The van der Waals surface area contributed by atoms with Crippen LogP contribution >= 0.6 is 0 Å². The third-order valence-corrected chi connectivity index (χ3v) is 5.43. The molecule has 0 aliphatic carbocycles. The Labute approximate surface area is 129 Å². The average Bonchev–Trinajstić information content (AvgIpc) is 2.65. The van der Waals surface area contributed by atoms with Crippen LogP contribution in [0.1, 0.15) is 5.56 Å². The third-order valence-electron chi connectivity index (χ3n) is 3.65. The van der Waals surface area contributed by atoms with Gasteiger partial charge in [-0.1, -0.05) is 18.2 Å². The Bertz CT molecular complexity index is 795. The molecule has 3 rings (SSSR count). The van der Waals surface area contributed by atoms with Crippen LogP contribution in [0.3, 0.4) is 0 Å². The Morgan fingerprint density at radius 1 is 1.18 bits per heavy atom. The van der Waals surface area contributed by atoms with Crippen LogP contribution in [0, 0.1) is 5.82 Å². The lowest BCUT2D eigenvalue weighted by atomic mass is 10.2. The van der Waals surface area contributed by atoms with Gasteiger partial charge in [-0.25, -0.2) is 12.8 Å². The molecule has 0 fully saturated rings. The van der Waals surface area contributed by atoms with Gasteiger partial charge < -0.3 is 4.90 Å². The molecule has 0 N–H and O–H groups in total. The van der Waals surface area contributed by atoms with Gasteiger partial charge in [0.2, 0.25) is 0 Å². The maximum atomic E-state index is 13.3. The normalized spacial score (nSPS) is 16.2. The lowest BCUT2D eigenvalue weighted by molar-refractivity contribution is 0.344. The highest BCUT2D eigenvalue weighted by Crippen LogP contribution is 2.29. The van der Waals surface area contributed by atoms with Gasteiger partial charge in [0.05, 0.1) is 11.9 Å². The van der Waals surface area contributed by atoms with Crippen molar-refractivity contribution in [2.75, 3.05) is 24.4 Å². The molecular weight excluding hydrogens is 305 g/mol. The Morgan fingerprint density at radius 3 is 2.73 bits per heavy atom. The maximum Gasteiger partial charge on any atom is 0.266 e. The highest BCUT2D eigenvalue weighted by atomic mass is 32.2. The van der Waals surface area contributed by atoms with E-state index in [0.29, 0.717) is 25.3 Å². The number of pyridine rings is 1. The zero-order valence-corrected chi connectivity index (χ0v) is 12.9. The van der Waals surface area contributed by atoms with Crippen LogP contribution in [0.4, 0.5) is 10.1 Å². The molecule has 0 atom stereocenters. The number of aromatic nitrogens is 1. The molecule has 5 nitrogen and oxygen atoms in total. The number of para-hydroxylation sites is 1. The van der Waals surface area contributed by atoms with Crippen molar-refractivity contribution in [3.05, 3.63) is 54.1 Å². The summed E-state index contributed by atoms with van der Waals surface area (Å²) in [6.07, 6.45) is 2.17. The second kappa shape index (κ2) is 5.66. The topological polar surface area (TPSA) is 53.5 Å².